The van der Waals surface area contributed by atoms with Crippen molar-refractivity contribution in [2.75, 3.05) is 7.11 Å². The summed E-state index contributed by atoms with van der Waals surface area (Å²) in [5, 5.41) is 13.9. The molecule has 21 heavy (non-hydrogen) atoms. The first-order chi connectivity index (χ1) is 10.0. The molecule has 1 N–H and O–H groups in total. The van der Waals surface area contributed by atoms with E-state index in [9.17, 15) is 14.9 Å². The average molecular weight is 313 g/mol. The molecule has 2 rings (SSSR count). The molecule has 1 aromatic carbocycles. The molecule has 1 aliphatic carbocycles. The van der Waals surface area contributed by atoms with Crippen LogP contribution in [0.5, 0.6) is 5.75 Å². The molecule has 1 aromatic rings. The van der Waals surface area contributed by atoms with E-state index in [1.165, 1.54) is 25.3 Å². The van der Waals surface area contributed by atoms with Crippen molar-refractivity contribution in [2.45, 2.75) is 37.1 Å². The number of hydrogen-bond acceptors (Lipinski definition) is 4. The van der Waals surface area contributed by atoms with Crippen LogP contribution in [0.1, 0.15) is 36.0 Å². The molecule has 0 unspecified atom stereocenters. The van der Waals surface area contributed by atoms with Crippen LogP contribution < -0.4 is 10.1 Å². The van der Waals surface area contributed by atoms with E-state index in [1.807, 2.05) is 0 Å². The zero-order valence-electron chi connectivity index (χ0n) is 11.7. The summed E-state index contributed by atoms with van der Waals surface area (Å²) in [6, 6.07) is 4.06. The van der Waals surface area contributed by atoms with Gasteiger partial charge in [0.25, 0.3) is 11.6 Å². The molecule has 1 amide bonds. The first kappa shape index (κ1) is 15.6. The van der Waals surface area contributed by atoms with Crippen molar-refractivity contribution in [2.24, 2.45) is 0 Å². The molecule has 7 heteroatoms. The number of amides is 1. The Morgan fingerprint density at radius 1 is 1.38 bits per heavy atom. The van der Waals surface area contributed by atoms with E-state index in [4.69, 9.17) is 16.3 Å². The molecule has 0 aliphatic heterocycles. The van der Waals surface area contributed by atoms with Crippen LogP contribution in [0.25, 0.3) is 0 Å². The quantitative estimate of drug-likeness (QED) is 0.526. The number of alkyl halides is 1. The summed E-state index contributed by atoms with van der Waals surface area (Å²) < 4.78 is 5.08. The monoisotopic (exact) mass is 312 g/mol. The third-order valence-electron chi connectivity index (χ3n) is 3.63. The van der Waals surface area contributed by atoms with E-state index in [0.717, 1.165) is 25.7 Å². The van der Waals surface area contributed by atoms with Crippen LogP contribution in [0, 0.1) is 10.1 Å². The fourth-order valence-corrected chi connectivity index (χ4v) is 2.69. The number of halogens is 1. The molecule has 0 heterocycles. The van der Waals surface area contributed by atoms with Gasteiger partial charge in [-0.05, 0) is 31.7 Å². The van der Waals surface area contributed by atoms with Crippen LogP contribution in [-0.2, 0) is 0 Å². The first-order valence-corrected chi connectivity index (χ1v) is 7.22. The maximum atomic E-state index is 12.3. The number of nitrogens with zero attached hydrogens (tertiary/aromatic N) is 1. The van der Waals surface area contributed by atoms with Gasteiger partial charge in [-0.2, -0.15) is 0 Å². The Bertz CT molecular complexity index is 542. The Hall–Kier alpha value is -1.82. The molecule has 0 aromatic heterocycles. The number of non-ortho nitro benzene ring substituents is 1. The molecule has 0 spiro atoms. The second kappa shape index (κ2) is 6.76. The van der Waals surface area contributed by atoms with E-state index in [2.05, 4.69) is 5.32 Å². The predicted molar refractivity (Wildman–Crippen MR) is 79.0 cm³/mol. The zero-order valence-corrected chi connectivity index (χ0v) is 12.4. The van der Waals surface area contributed by atoms with Crippen LogP contribution >= 0.6 is 11.6 Å². The minimum Gasteiger partial charge on any atom is -0.496 e. The summed E-state index contributed by atoms with van der Waals surface area (Å²) in [7, 11) is 1.38. The Morgan fingerprint density at radius 2 is 2.05 bits per heavy atom. The summed E-state index contributed by atoms with van der Waals surface area (Å²) in [5.41, 5.74) is 0.196. The Balaban J connectivity index is 2.10. The lowest BCUT2D eigenvalue weighted by Gasteiger charge is -2.26. The molecule has 0 radical (unpaired) electrons. The maximum Gasteiger partial charge on any atom is 0.273 e. The van der Waals surface area contributed by atoms with Gasteiger partial charge < -0.3 is 10.1 Å². The van der Waals surface area contributed by atoms with E-state index in [0.29, 0.717) is 5.56 Å². The number of nitro benzene ring substituents is 1. The number of methoxy groups -OCH3 is 1. The van der Waals surface area contributed by atoms with Gasteiger partial charge in [0.05, 0.1) is 23.7 Å². The number of carbonyl (C=O) groups excluding carboxylic acids is 1. The number of hydrogen-bond donors (Lipinski definition) is 1. The second-order valence-electron chi connectivity index (χ2n) is 5.06. The number of nitro groups is 1. The highest BCUT2D eigenvalue weighted by Gasteiger charge is 2.23. The van der Waals surface area contributed by atoms with Gasteiger partial charge in [-0.3, -0.25) is 14.9 Å². The highest BCUT2D eigenvalue weighted by atomic mass is 35.5. The molecule has 1 aliphatic rings. The predicted octanol–water partition coefficient (Wildman–Crippen LogP) is 2.88. The molecular formula is C14H17ClN2O4. The van der Waals surface area contributed by atoms with Crippen LogP contribution in [0.3, 0.4) is 0 Å². The van der Waals surface area contributed by atoms with Crippen LogP contribution in [0.15, 0.2) is 18.2 Å². The molecule has 0 saturated heterocycles. The number of benzene rings is 1. The van der Waals surface area contributed by atoms with Gasteiger partial charge in [0, 0.05) is 17.5 Å². The van der Waals surface area contributed by atoms with Gasteiger partial charge in [-0.1, -0.05) is 0 Å². The van der Waals surface area contributed by atoms with Crippen LogP contribution in [0.4, 0.5) is 5.69 Å². The third-order valence-corrected chi connectivity index (χ3v) is 4.07. The van der Waals surface area contributed by atoms with Crippen molar-refractivity contribution in [1.29, 1.82) is 0 Å². The summed E-state index contributed by atoms with van der Waals surface area (Å²) in [5.74, 6) is -0.0764. The van der Waals surface area contributed by atoms with Gasteiger partial charge in [-0.15, -0.1) is 11.6 Å². The SMILES string of the molecule is COc1cc([N+](=O)[O-])ccc1C(=O)NC1CCC(Cl)CC1. The zero-order chi connectivity index (χ0) is 15.4. The lowest BCUT2D eigenvalue weighted by atomic mass is 9.95. The molecule has 6 nitrogen and oxygen atoms in total. The maximum absolute atomic E-state index is 12.3. The minimum atomic E-state index is -0.522. The van der Waals surface area contributed by atoms with E-state index in [-0.39, 0.29) is 28.8 Å². The molecule has 0 bridgehead atoms. The van der Waals surface area contributed by atoms with E-state index in [1.54, 1.807) is 0 Å². The molecule has 0 atom stereocenters. The number of ether oxygens (including phenoxy) is 1. The Labute approximate surface area is 127 Å². The van der Waals surface area contributed by atoms with Crippen molar-refractivity contribution in [3.8, 4) is 5.75 Å². The second-order valence-corrected chi connectivity index (χ2v) is 5.68. The highest BCUT2D eigenvalue weighted by Crippen LogP contribution is 2.26. The van der Waals surface area contributed by atoms with Crippen molar-refractivity contribution in [3.05, 3.63) is 33.9 Å². The smallest absolute Gasteiger partial charge is 0.273 e. The summed E-state index contributed by atoms with van der Waals surface area (Å²) in [6.07, 6.45) is 3.44. The van der Waals surface area contributed by atoms with E-state index < -0.39 is 4.92 Å². The van der Waals surface area contributed by atoms with Crippen molar-refractivity contribution in [1.82, 2.24) is 5.32 Å². The van der Waals surface area contributed by atoms with Gasteiger partial charge in [0.15, 0.2) is 0 Å². The topological polar surface area (TPSA) is 81.5 Å². The summed E-state index contributed by atoms with van der Waals surface area (Å²) in [6.45, 7) is 0. The van der Waals surface area contributed by atoms with Crippen molar-refractivity contribution >= 4 is 23.2 Å². The lowest BCUT2D eigenvalue weighted by Crippen LogP contribution is -2.38. The lowest BCUT2D eigenvalue weighted by molar-refractivity contribution is -0.384. The highest BCUT2D eigenvalue weighted by molar-refractivity contribution is 6.20. The summed E-state index contributed by atoms with van der Waals surface area (Å²) in [4.78, 5) is 22.5. The van der Waals surface area contributed by atoms with Crippen molar-refractivity contribution in [3.63, 3.8) is 0 Å². The summed E-state index contributed by atoms with van der Waals surface area (Å²) >= 11 is 6.03. The molecule has 1 saturated carbocycles. The third kappa shape index (κ3) is 3.85. The van der Waals surface area contributed by atoms with Gasteiger partial charge in [0.1, 0.15) is 5.75 Å². The molecule has 114 valence electrons. The largest absolute Gasteiger partial charge is 0.496 e. The van der Waals surface area contributed by atoms with Gasteiger partial charge >= 0.3 is 0 Å². The standard InChI is InChI=1S/C14H17ClN2O4/c1-21-13-8-11(17(19)20)6-7-12(13)14(18)16-10-4-2-9(15)3-5-10/h6-10H,2-5H2,1H3,(H,16,18). The van der Waals surface area contributed by atoms with Crippen LogP contribution in [0.2, 0.25) is 0 Å². The Kier molecular flexibility index (Phi) is 5.01. The number of carbonyl (C=O) groups is 1. The van der Waals surface area contributed by atoms with E-state index >= 15 is 0 Å². The fourth-order valence-electron chi connectivity index (χ4n) is 2.44. The van der Waals surface area contributed by atoms with Gasteiger partial charge in [-0.25, -0.2) is 0 Å². The Morgan fingerprint density at radius 3 is 2.62 bits per heavy atom. The molecular weight excluding hydrogens is 296 g/mol. The molecule has 1 fully saturated rings. The fraction of sp³-hybridized carbons (Fsp3) is 0.500. The number of rotatable bonds is 4. The first-order valence-electron chi connectivity index (χ1n) is 6.78. The van der Waals surface area contributed by atoms with Crippen LogP contribution in [-0.4, -0.2) is 29.4 Å². The van der Waals surface area contributed by atoms with Gasteiger partial charge in [0.2, 0.25) is 0 Å². The number of nitrogens with one attached hydrogen (secondary N) is 1. The van der Waals surface area contributed by atoms with Crippen molar-refractivity contribution < 1.29 is 14.5 Å². The average Bonchev–Trinajstić information content (AvgIpc) is 2.48. The normalized spacial score (nSPS) is 21.6. The minimum absolute atomic E-state index is 0.0902.